The number of ether oxygens (including phenoxy) is 1. The van der Waals surface area contributed by atoms with Gasteiger partial charge in [0.2, 0.25) is 0 Å². The van der Waals surface area contributed by atoms with Crippen LogP contribution in [0.1, 0.15) is 6.92 Å². The van der Waals surface area contributed by atoms with Crippen molar-refractivity contribution in [2.75, 3.05) is 17.7 Å². The highest BCUT2D eigenvalue weighted by atomic mass is 19.3. The Labute approximate surface area is 97.8 Å². The lowest BCUT2D eigenvalue weighted by molar-refractivity contribution is -0.128. The number of carbonyl (C=O) groups excluding carboxylic acids is 1. The Morgan fingerprint density at radius 1 is 1.47 bits per heavy atom. The quantitative estimate of drug-likeness (QED) is 0.777. The molecular formula is C11H14F2N2O2. The second-order valence-electron chi connectivity index (χ2n) is 3.44. The topological polar surface area (TPSA) is 64.3 Å². The fourth-order valence-corrected chi connectivity index (χ4v) is 1.14. The summed E-state index contributed by atoms with van der Waals surface area (Å²) >= 11 is 0. The number of amides is 1. The van der Waals surface area contributed by atoms with Crippen LogP contribution in [-0.4, -0.2) is 25.0 Å². The van der Waals surface area contributed by atoms with Gasteiger partial charge < -0.3 is 15.8 Å². The van der Waals surface area contributed by atoms with Gasteiger partial charge in [-0.05, 0) is 19.1 Å². The van der Waals surface area contributed by atoms with Crippen molar-refractivity contribution < 1.29 is 18.3 Å². The van der Waals surface area contributed by atoms with Crippen molar-refractivity contribution in [3.05, 3.63) is 24.3 Å². The summed E-state index contributed by atoms with van der Waals surface area (Å²) in [6.45, 7) is 0.635. The highest BCUT2D eigenvalue weighted by Gasteiger charge is 2.16. The predicted octanol–water partition coefficient (Wildman–Crippen LogP) is 1.88. The van der Waals surface area contributed by atoms with Crippen LogP contribution in [0.3, 0.4) is 0 Å². The van der Waals surface area contributed by atoms with E-state index in [4.69, 9.17) is 5.73 Å². The molecule has 3 N–H and O–H groups in total. The number of nitrogens with one attached hydrogen (secondary N) is 1. The summed E-state index contributed by atoms with van der Waals surface area (Å²) in [5, 5.41) is 2.50. The molecule has 1 amide bonds. The highest BCUT2D eigenvalue weighted by molar-refractivity contribution is 5.96. The lowest BCUT2D eigenvalue weighted by atomic mass is 10.2. The fraction of sp³-hybridized carbons (Fsp3) is 0.364. The summed E-state index contributed by atoms with van der Waals surface area (Å²) in [5.74, 6) is -0.511. The van der Waals surface area contributed by atoms with Crippen molar-refractivity contribution >= 4 is 17.3 Å². The Morgan fingerprint density at radius 3 is 2.71 bits per heavy atom. The van der Waals surface area contributed by atoms with Crippen molar-refractivity contribution in [2.24, 2.45) is 0 Å². The molecule has 0 saturated carbocycles. The Hall–Kier alpha value is -1.69. The minimum Gasteiger partial charge on any atom is -0.397 e. The van der Waals surface area contributed by atoms with Crippen molar-refractivity contribution in [1.29, 1.82) is 0 Å². The summed E-state index contributed by atoms with van der Waals surface area (Å²) in [6, 6.07) is 6.67. The molecule has 0 aliphatic carbocycles. The summed E-state index contributed by atoms with van der Waals surface area (Å²) < 4.78 is 28.4. The van der Waals surface area contributed by atoms with Crippen molar-refractivity contribution in [3.63, 3.8) is 0 Å². The van der Waals surface area contributed by atoms with Crippen molar-refractivity contribution in [2.45, 2.75) is 19.5 Å². The molecule has 0 heterocycles. The third-order valence-corrected chi connectivity index (χ3v) is 2.06. The third-order valence-electron chi connectivity index (χ3n) is 2.06. The normalized spacial score (nSPS) is 12.5. The molecule has 0 spiro atoms. The molecule has 1 unspecified atom stereocenters. The van der Waals surface area contributed by atoms with Gasteiger partial charge in [0.15, 0.2) is 0 Å². The number of carbonyl (C=O) groups is 1. The maximum absolute atomic E-state index is 11.9. The standard InChI is InChI=1S/C11H14F2N2O2/c1-7(17-6-10(12)13)11(16)15-9-5-3-2-4-8(9)14/h2-5,7,10H,6,14H2,1H3,(H,15,16). The minimum atomic E-state index is -2.59. The van der Waals surface area contributed by atoms with Gasteiger partial charge in [-0.3, -0.25) is 4.79 Å². The molecule has 0 aliphatic rings. The van der Waals surface area contributed by atoms with E-state index in [1.165, 1.54) is 6.92 Å². The molecule has 1 aromatic rings. The Morgan fingerprint density at radius 2 is 2.12 bits per heavy atom. The van der Waals surface area contributed by atoms with E-state index < -0.39 is 25.0 Å². The Bertz CT molecular complexity index is 385. The minimum absolute atomic E-state index is 0.405. The zero-order chi connectivity index (χ0) is 12.8. The van der Waals surface area contributed by atoms with E-state index in [2.05, 4.69) is 10.1 Å². The van der Waals surface area contributed by atoms with Crippen LogP contribution in [0.15, 0.2) is 24.3 Å². The van der Waals surface area contributed by atoms with Crippen LogP contribution in [0.4, 0.5) is 20.2 Å². The summed E-state index contributed by atoms with van der Waals surface area (Å²) in [6.07, 6.45) is -3.55. The van der Waals surface area contributed by atoms with Gasteiger partial charge in [-0.25, -0.2) is 8.78 Å². The Balaban J connectivity index is 2.52. The molecule has 0 saturated heterocycles. The molecule has 0 radical (unpaired) electrons. The molecule has 0 aromatic heterocycles. The molecular weight excluding hydrogens is 230 g/mol. The van der Waals surface area contributed by atoms with Gasteiger partial charge in [0.1, 0.15) is 12.7 Å². The first kappa shape index (κ1) is 13.4. The van der Waals surface area contributed by atoms with Crippen LogP contribution in [0, 0.1) is 0 Å². The van der Waals surface area contributed by atoms with E-state index >= 15 is 0 Å². The van der Waals surface area contributed by atoms with Gasteiger partial charge in [-0.1, -0.05) is 12.1 Å². The van der Waals surface area contributed by atoms with Gasteiger partial charge in [-0.15, -0.1) is 0 Å². The number of nitrogens with two attached hydrogens (primary N) is 1. The van der Waals surface area contributed by atoms with Crippen LogP contribution < -0.4 is 11.1 Å². The molecule has 0 aliphatic heterocycles. The first-order chi connectivity index (χ1) is 8.00. The smallest absolute Gasteiger partial charge is 0.261 e. The lowest BCUT2D eigenvalue weighted by Crippen LogP contribution is -2.29. The van der Waals surface area contributed by atoms with E-state index in [0.29, 0.717) is 11.4 Å². The molecule has 4 nitrogen and oxygen atoms in total. The fourth-order valence-electron chi connectivity index (χ4n) is 1.14. The van der Waals surface area contributed by atoms with E-state index in [0.717, 1.165) is 0 Å². The van der Waals surface area contributed by atoms with E-state index in [-0.39, 0.29) is 0 Å². The van der Waals surface area contributed by atoms with Crippen molar-refractivity contribution in [3.8, 4) is 0 Å². The number of anilines is 2. The van der Waals surface area contributed by atoms with Crippen LogP contribution in [0.2, 0.25) is 0 Å². The summed E-state index contributed by atoms with van der Waals surface area (Å²) in [4.78, 5) is 11.5. The molecule has 17 heavy (non-hydrogen) atoms. The first-order valence-electron chi connectivity index (χ1n) is 5.06. The van der Waals surface area contributed by atoms with E-state index in [1.54, 1.807) is 24.3 Å². The largest absolute Gasteiger partial charge is 0.397 e. The molecule has 1 aromatic carbocycles. The Kier molecular flexibility index (Phi) is 4.84. The zero-order valence-corrected chi connectivity index (χ0v) is 9.32. The average molecular weight is 244 g/mol. The number of alkyl halides is 2. The van der Waals surface area contributed by atoms with E-state index in [1.807, 2.05) is 0 Å². The monoisotopic (exact) mass is 244 g/mol. The molecule has 94 valence electrons. The molecule has 0 bridgehead atoms. The molecule has 0 fully saturated rings. The second kappa shape index (κ2) is 6.15. The maximum Gasteiger partial charge on any atom is 0.261 e. The molecule has 6 heteroatoms. The number of nitrogen functional groups attached to an aromatic ring is 1. The van der Waals surface area contributed by atoms with Gasteiger partial charge in [0, 0.05) is 0 Å². The second-order valence-corrected chi connectivity index (χ2v) is 3.44. The number of benzene rings is 1. The average Bonchev–Trinajstić information content (AvgIpc) is 2.28. The summed E-state index contributed by atoms with van der Waals surface area (Å²) in [5.41, 5.74) is 6.46. The zero-order valence-electron chi connectivity index (χ0n) is 9.32. The maximum atomic E-state index is 11.9. The van der Waals surface area contributed by atoms with Gasteiger partial charge >= 0.3 is 0 Å². The van der Waals surface area contributed by atoms with E-state index in [9.17, 15) is 13.6 Å². The van der Waals surface area contributed by atoms with Crippen LogP contribution in [0.25, 0.3) is 0 Å². The number of rotatable bonds is 5. The van der Waals surface area contributed by atoms with Gasteiger partial charge in [0.25, 0.3) is 12.3 Å². The lowest BCUT2D eigenvalue weighted by Gasteiger charge is -2.14. The summed E-state index contributed by atoms with van der Waals surface area (Å²) in [7, 11) is 0. The van der Waals surface area contributed by atoms with Crippen LogP contribution >= 0.6 is 0 Å². The third kappa shape index (κ3) is 4.36. The van der Waals surface area contributed by atoms with Crippen LogP contribution in [0.5, 0.6) is 0 Å². The number of para-hydroxylation sites is 2. The number of hydrogen-bond acceptors (Lipinski definition) is 3. The molecule has 1 atom stereocenters. The first-order valence-corrected chi connectivity index (χ1v) is 5.06. The predicted molar refractivity (Wildman–Crippen MR) is 60.9 cm³/mol. The number of halogens is 2. The molecule has 1 rings (SSSR count). The van der Waals surface area contributed by atoms with Crippen LogP contribution in [-0.2, 0) is 9.53 Å². The van der Waals surface area contributed by atoms with Gasteiger partial charge in [-0.2, -0.15) is 0 Å². The SMILES string of the molecule is CC(OCC(F)F)C(=O)Nc1ccccc1N. The van der Waals surface area contributed by atoms with Gasteiger partial charge in [0.05, 0.1) is 11.4 Å². The van der Waals surface area contributed by atoms with Crippen molar-refractivity contribution in [1.82, 2.24) is 0 Å². The number of hydrogen-bond donors (Lipinski definition) is 2. The highest BCUT2D eigenvalue weighted by Crippen LogP contribution is 2.17.